The average molecular weight is 208 g/mol. The number of hydrogen-bond donors (Lipinski definition) is 1. The highest BCUT2D eigenvalue weighted by Crippen LogP contribution is 2.33. The molecule has 0 aromatic carbocycles. The minimum Gasteiger partial charge on any atom is -0.330 e. The molecule has 0 aliphatic heterocycles. The minimum absolute atomic E-state index is 0.124. The Hall–Kier alpha value is -1.17. The van der Waals surface area contributed by atoms with Crippen LogP contribution in [0.15, 0.2) is 18.3 Å². The van der Waals surface area contributed by atoms with Crippen LogP contribution < -0.4 is 5.73 Å². The first-order valence-corrected chi connectivity index (χ1v) is 3.83. The molecule has 1 heterocycles. The van der Waals surface area contributed by atoms with Crippen LogP contribution in [0.4, 0.5) is 17.6 Å². The number of nitrogens with two attached hydrogens (primary N) is 1. The molecular weight excluding hydrogens is 200 g/mol. The second-order valence-electron chi connectivity index (χ2n) is 2.74. The van der Waals surface area contributed by atoms with Gasteiger partial charge in [0, 0.05) is 12.7 Å². The molecule has 1 aromatic rings. The third-order valence-corrected chi connectivity index (χ3v) is 1.78. The highest BCUT2D eigenvalue weighted by molar-refractivity contribution is 5.17. The predicted octanol–water partition coefficient (Wildman–Crippen LogP) is 1.83. The van der Waals surface area contributed by atoms with Gasteiger partial charge in [-0.3, -0.25) is 0 Å². The molecular formula is C8H8F4N2. The van der Waals surface area contributed by atoms with E-state index in [1.807, 2.05) is 0 Å². The summed E-state index contributed by atoms with van der Waals surface area (Å²) in [6.45, 7) is -0.573. The Bertz CT molecular complexity index is 293. The number of rotatable bonds is 2. The Morgan fingerprint density at radius 1 is 1.36 bits per heavy atom. The molecule has 1 atom stereocenters. The normalized spacial score (nSPS) is 14.1. The van der Waals surface area contributed by atoms with Crippen LogP contribution in [0, 0.1) is 5.95 Å². The average Bonchev–Trinajstić information content (AvgIpc) is 2.07. The zero-order chi connectivity index (χ0) is 10.8. The Kier molecular flexibility index (Phi) is 3.05. The Labute approximate surface area is 77.7 Å². The summed E-state index contributed by atoms with van der Waals surface area (Å²) in [6, 6.07) is 1.91. The lowest BCUT2D eigenvalue weighted by Gasteiger charge is -2.18. The van der Waals surface area contributed by atoms with Crippen LogP contribution in [0.5, 0.6) is 0 Å². The topological polar surface area (TPSA) is 38.9 Å². The van der Waals surface area contributed by atoms with Gasteiger partial charge in [-0.15, -0.1) is 0 Å². The number of halogens is 4. The van der Waals surface area contributed by atoms with Crippen LogP contribution in [0.3, 0.4) is 0 Å². The van der Waals surface area contributed by atoms with Crippen molar-refractivity contribution in [1.82, 2.24) is 4.98 Å². The van der Waals surface area contributed by atoms with Gasteiger partial charge >= 0.3 is 6.18 Å². The van der Waals surface area contributed by atoms with Crippen LogP contribution in [0.25, 0.3) is 0 Å². The van der Waals surface area contributed by atoms with Crippen LogP contribution in [0.1, 0.15) is 11.5 Å². The van der Waals surface area contributed by atoms with Gasteiger partial charge in [-0.1, -0.05) is 6.07 Å². The van der Waals surface area contributed by atoms with E-state index in [-0.39, 0.29) is 5.56 Å². The molecule has 2 N–H and O–H groups in total. The fourth-order valence-corrected chi connectivity index (χ4v) is 1.05. The fraction of sp³-hybridized carbons (Fsp3) is 0.375. The predicted molar refractivity (Wildman–Crippen MR) is 42.0 cm³/mol. The maximum Gasteiger partial charge on any atom is 0.397 e. The second kappa shape index (κ2) is 3.91. The number of hydrogen-bond acceptors (Lipinski definition) is 2. The molecule has 0 spiro atoms. The van der Waals surface area contributed by atoms with Gasteiger partial charge in [-0.2, -0.15) is 17.6 Å². The van der Waals surface area contributed by atoms with E-state index in [0.717, 1.165) is 18.3 Å². The summed E-state index contributed by atoms with van der Waals surface area (Å²) in [4.78, 5) is 3.14. The number of nitrogens with zero attached hydrogens (tertiary/aromatic N) is 1. The number of pyridine rings is 1. The summed E-state index contributed by atoms with van der Waals surface area (Å²) in [6.07, 6.45) is -3.57. The summed E-state index contributed by atoms with van der Waals surface area (Å²) in [5, 5.41) is 0. The maximum atomic E-state index is 12.3. The van der Waals surface area contributed by atoms with E-state index in [0.29, 0.717) is 0 Å². The Morgan fingerprint density at radius 2 is 2.00 bits per heavy atom. The van der Waals surface area contributed by atoms with Crippen molar-refractivity contribution >= 4 is 0 Å². The lowest BCUT2D eigenvalue weighted by atomic mass is 10.0. The van der Waals surface area contributed by atoms with Crippen molar-refractivity contribution in [2.45, 2.75) is 12.1 Å². The largest absolute Gasteiger partial charge is 0.397 e. The molecule has 2 nitrogen and oxygen atoms in total. The van der Waals surface area contributed by atoms with Gasteiger partial charge in [0.1, 0.15) is 0 Å². The first-order valence-electron chi connectivity index (χ1n) is 3.83. The van der Waals surface area contributed by atoms with Crippen molar-refractivity contribution in [3.63, 3.8) is 0 Å². The number of alkyl halides is 3. The van der Waals surface area contributed by atoms with Gasteiger partial charge < -0.3 is 5.73 Å². The van der Waals surface area contributed by atoms with Crippen molar-refractivity contribution in [3.8, 4) is 0 Å². The summed E-state index contributed by atoms with van der Waals surface area (Å²) < 4.78 is 49.2. The summed E-state index contributed by atoms with van der Waals surface area (Å²) >= 11 is 0. The van der Waals surface area contributed by atoms with Gasteiger partial charge in [0.15, 0.2) is 0 Å². The van der Waals surface area contributed by atoms with Crippen LogP contribution >= 0.6 is 0 Å². The zero-order valence-corrected chi connectivity index (χ0v) is 7.05. The molecule has 14 heavy (non-hydrogen) atoms. The second-order valence-corrected chi connectivity index (χ2v) is 2.74. The molecule has 0 aliphatic carbocycles. The van der Waals surface area contributed by atoms with E-state index in [2.05, 4.69) is 4.98 Å². The van der Waals surface area contributed by atoms with E-state index in [1.165, 1.54) is 0 Å². The molecule has 0 bridgehead atoms. The Morgan fingerprint density at radius 3 is 2.36 bits per heavy atom. The van der Waals surface area contributed by atoms with Crippen LogP contribution in [0.2, 0.25) is 0 Å². The molecule has 1 unspecified atom stereocenters. The van der Waals surface area contributed by atoms with Crippen molar-refractivity contribution < 1.29 is 17.6 Å². The van der Waals surface area contributed by atoms with E-state index < -0.39 is 24.6 Å². The third kappa shape index (κ3) is 2.41. The first-order chi connectivity index (χ1) is 6.45. The zero-order valence-electron chi connectivity index (χ0n) is 7.05. The van der Waals surface area contributed by atoms with Crippen LogP contribution in [-0.4, -0.2) is 17.7 Å². The van der Waals surface area contributed by atoms with Crippen molar-refractivity contribution in [1.29, 1.82) is 0 Å². The molecule has 1 aromatic heterocycles. The lowest BCUT2D eigenvalue weighted by molar-refractivity contribution is -0.148. The summed E-state index contributed by atoms with van der Waals surface area (Å²) in [5.74, 6) is -2.60. The molecule has 78 valence electrons. The molecule has 0 radical (unpaired) electrons. The Balaban J connectivity index is 2.96. The van der Waals surface area contributed by atoms with Crippen LogP contribution in [-0.2, 0) is 0 Å². The molecule has 0 saturated carbocycles. The maximum absolute atomic E-state index is 12.3. The first kappa shape index (κ1) is 10.9. The van der Waals surface area contributed by atoms with Crippen molar-refractivity contribution in [3.05, 3.63) is 29.8 Å². The highest BCUT2D eigenvalue weighted by Gasteiger charge is 2.39. The minimum atomic E-state index is -4.42. The van der Waals surface area contributed by atoms with E-state index in [1.54, 1.807) is 0 Å². The van der Waals surface area contributed by atoms with Crippen molar-refractivity contribution in [2.24, 2.45) is 5.73 Å². The molecule has 0 amide bonds. The van der Waals surface area contributed by atoms with Gasteiger partial charge in [0.05, 0.1) is 5.92 Å². The summed E-state index contributed by atoms with van der Waals surface area (Å²) in [5.41, 5.74) is 4.86. The summed E-state index contributed by atoms with van der Waals surface area (Å²) in [7, 11) is 0. The van der Waals surface area contributed by atoms with Gasteiger partial charge in [0.2, 0.25) is 5.95 Å². The fourth-order valence-electron chi connectivity index (χ4n) is 1.05. The molecule has 6 heteroatoms. The molecule has 0 aliphatic rings. The number of aromatic nitrogens is 1. The quantitative estimate of drug-likeness (QED) is 0.594. The smallest absolute Gasteiger partial charge is 0.330 e. The van der Waals surface area contributed by atoms with Gasteiger partial charge in [0.25, 0.3) is 0 Å². The van der Waals surface area contributed by atoms with Crippen molar-refractivity contribution in [2.75, 3.05) is 6.54 Å². The SMILES string of the molecule is NCC(c1ccc(F)nc1)C(F)(F)F. The standard InChI is InChI=1S/C8H8F4N2/c9-7-2-1-5(4-14-7)6(3-13)8(10,11)12/h1-2,4,6H,3,13H2. The van der Waals surface area contributed by atoms with Gasteiger partial charge in [-0.25, -0.2) is 4.98 Å². The lowest BCUT2D eigenvalue weighted by Crippen LogP contribution is -2.28. The third-order valence-electron chi connectivity index (χ3n) is 1.78. The molecule has 1 rings (SSSR count). The van der Waals surface area contributed by atoms with Gasteiger partial charge in [-0.05, 0) is 11.6 Å². The highest BCUT2D eigenvalue weighted by atomic mass is 19.4. The van der Waals surface area contributed by atoms with E-state index in [9.17, 15) is 17.6 Å². The van der Waals surface area contributed by atoms with E-state index in [4.69, 9.17) is 5.73 Å². The molecule has 0 saturated heterocycles. The van der Waals surface area contributed by atoms with E-state index >= 15 is 0 Å². The monoisotopic (exact) mass is 208 g/mol. The molecule has 0 fully saturated rings.